The molecule has 0 fully saturated rings. The highest BCUT2D eigenvalue weighted by Gasteiger charge is 2.24. The lowest BCUT2D eigenvalue weighted by atomic mass is 10.2. The molecule has 0 aliphatic rings. The lowest BCUT2D eigenvalue weighted by Crippen LogP contribution is -2.53. The Morgan fingerprint density at radius 2 is 1.28 bits per heavy atom. The predicted octanol–water partition coefficient (Wildman–Crippen LogP) is 3.60. The molecule has 0 radical (unpaired) electrons. The van der Waals surface area contributed by atoms with Crippen LogP contribution in [0.2, 0.25) is 0 Å². The molecule has 0 aromatic rings. The van der Waals surface area contributed by atoms with Crippen LogP contribution in [0.3, 0.4) is 0 Å². The van der Waals surface area contributed by atoms with E-state index in [1.54, 1.807) is 0 Å². The molecule has 0 aliphatic heterocycles. The molecule has 0 unspecified atom stereocenters. The van der Waals surface area contributed by atoms with Gasteiger partial charge in [-0.25, -0.2) is 0 Å². The van der Waals surface area contributed by atoms with Gasteiger partial charge in [0.25, 0.3) is 0 Å². The topological polar surface area (TPSA) is 18.8 Å². The molecule has 0 rings (SSSR count). The van der Waals surface area contributed by atoms with Crippen molar-refractivity contribution in [2.75, 3.05) is 6.54 Å². The largest absolute Gasteiger partial charge is 0.341 e. The minimum atomic E-state index is 0.327. The molecule has 108 valence electrons. The Bertz CT molecular complexity index is 246. The number of guanidine groups is 1. The SMILES string of the molecule is CCN(C(=NC(C)C)N(C(C)C)C(C)C)C(C)C. The highest BCUT2D eigenvalue weighted by atomic mass is 15.4. The van der Waals surface area contributed by atoms with E-state index in [0.717, 1.165) is 12.5 Å². The molecule has 0 heterocycles. The van der Waals surface area contributed by atoms with Gasteiger partial charge in [-0.05, 0) is 62.3 Å². The molecule has 0 spiro atoms. The second-order valence-electron chi connectivity index (χ2n) is 6.00. The van der Waals surface area contributed by atoms with E-state index < -0.39 is 0 Å². The van der Waals surface area contributed by atoms with E-state index in [1.807, 2.05) is 0 Å². The van der Waals surface area contributed by atoms with Crippen LogP contribution in [0.5, 0.6) is 0 Å². The van der Waals surface area contributed by atoms with Gasteiger partial charge in [0.1, 0.15) is 0 Å². The summed E-state index contributed by atoms with van der Waals surface area (Å²) >= 11 is 0. The number of rotatable bonds is 5. The molecule has 0 amide bonds. The van der Waals surface area contributed by atoms with Crippen LogP contribution < -0.4 is 0 Å². The van der Waals surface area contributed by atoms with E-state index in [-0.39, 0.29) is 0 Å². The van der Waals surface area contributed by atoms with E-state index in [2.05, 4.69) is 72.1 Å². The molecule has 0 N–H and O–H groups in total. The first kappa shape index (κ1) is 17.3. The van der Waals surface area contributed by atoms with Crippen LogP contribution in [0.4, 0.5) is 0 Å². The summed E-state index contributed by atoms with van der Waals surface area (Å²) < 4.78 is 0. The first-order chi connectivity index (χ1) is 8.22. The molecule has 0 saturated carbocycles. The summed E-state index contributed by atoms with van der Waals surface area (Å²) in [7, 11) is 0. The van der Waals surface area contributed by atoms with Crippen molar-refractivity contribution < 1.29 is 0 Å². The van der Waals surface area contributed by atoms with E-state index >= 15 is 0 Å². The highest BCUT2D eigenvalue weighted by Crippen LogP contribution is 2.13. The van der Waals surface area contributed by atoms with Gasteiger partial charge in [-0.3, -0.25) is 4.99 Å². The van der Waals surface area contributed by atoms with Gasteiger partial charge >= 0.3 is 0 Å². The van der Waals surface area contributed by atoms with Gasteiger partial charge in [-0.2, -0.15) is 0 Å². The van der Waals surface area contributed by atoms with Crippen molar-refractivity contribution in [1.29, 1.82) is 0 Å². The quantitative estimate of drug-likeness (QED) is 0.552. The second kappa shape index (κ2) is 7.65. The molecule has 3 heteroatoms. The van der Waals surface area contributed by atoms with Gasteiger partial charge < -0.3 is 9.80 Å². The molecule has 3 nitrogen and oxygen atoms in total. The average molecular weight is 255 g/mol. The summed E-state index contributed by atoms with van der Waals surface area (Å²) in [6.45, 7) is 20.9. The third kappa shape index (κ3) is 4.87. The minimum absolute atomic E-state index is 0.327. The maximum atomic E-state index is 4.88. The first-order valence-electron chi connectivity index (χ1n) is 7.35. The smallest absolute Gasteiger partial charge is 0.197 e. The summed E-state index contributed by atoms with van der Waals surface area (Å²) in [4.78, 5) is 9.69. The fraction of sp³-hybridized carbons (Fsp3) is 0.933. The van der Waals surface area contributed by atoms with E-state index in [0.29, 0.717) is 24.2 Å². The number of hydrogen-bond acceptors (Lipinski definition) is 1. The van der Waals surface area contributed by atoms with Crippen molar-refractivity contribution in [3.63, 3.8) is 0 Å². The number of nitrogens with zero attached hydrogens (tertiary/aromatic N) is 3. The Kier molecular flexibility index (Phi) is 7.34. The second-order valence-corrected chi connectivity index (χ2v) is 6.00. The van der Waals surface area contributed by atoms with Gasteiger partial charge in [0, 0.05) is 30.7 Å². The molecular formula is C15H33N3. The molecule has 18 heavy (non-hydrogen) atoms. The van der Waals surface area contributed by atoms with Crippen LogP contribution in [0, 0.1) is 0 Å². The van der Waals surface area contributed by atoms with Gasteiger partial charge in [-0.15, -0.1) is 0 Å². The molecular weight excluding hydrogens is 222 g/mol. The summed E-state index contributed by atoms with van der Waals surface area (Å²) in [6.07, 6.45) is 0. The average Bonchev–Trinajstić information content (AvgIpc) is 2.15. The fourth-order valence-corrected chi connectivity index (χ4v) is 2.32. The van der Waals surface area contributed by atoms with Crippen molar-refractivity contribution in [1.82, 2.24) is 9.80 Å². The van der Waals surface area contributed by atoms with Gasteiger partial charge in [-0.1, -0.05) is 0 Å². The molecule has 0 bridgehead atoms. The van der Waals surface area contributed by atoms with Crippen molar-refractivity contribution in [3.8, 4) is 0 Å². The highest BCUT2D eigenvalue weighted by molar-refractivity contribution is 5.81. The zero-order valence-corrected chi connectivity index (χ0v) is 13.9. The van der Waals surface area contributed by atoms with Crippen LogP contribution in [-0.4, -0.2) is 46.5 Å². The van der Waals surface area contributed by atoms with Crippen molar-refractivity contribution in [2.24, 2.45) is 4.99 Å². The summed E-state index contributed by atoms with van der Waals surface area (Å²) in [6, 6.07) is 1.74. The Morgan fingerprint density at radius 3 is 1.50 bits per heavy atom. The van der Waals surface area contributed by atoms with Crippen molar-refractivity contribution in [2.45, 2.75) is 86.5 Å². The van der Waals surface area contributed by atoms with Gasteiger partial charge in [0.05, 0.1) is 0 Å². The van der Waals surface area contributed by atoms with Crippen LogP contribution in [0.25, 0.3) is 0 Å². The predicted molar refractivity (Wildman–Crippen MR) is 82.2 cm³/mol. The molecule has 0 aliphatic carbocycles. The zero-order chi connectivity index (χ0) is 14.5. The third-order valence-electron chi connectivity index (χ3n) is 2.94. The summed E-state index contributed by atoms with van der Waals surface area (Å²) in [5.74, 6) is 1.15. The van der Waals surface area contributed by atoms with Gasteiger partial charge in [0.15, 0.2) is 5.96 Å². The number of aliphatic imine (C=N–C) groups is 1. The Morgan fingerprint density at radius 1 is 0.833 bits per heavy atom. The monoisotopic (exact) mass is 255 g/mol. The minimum Gasteiger partial charge on any atom is -0.341 e. The Hall–Kier alpha value is -0.730. The van der Waals surface area contributed by atoms with Crippen molar-refractivity contribution in [3.05, 3.63) is 0 Å². The molecule has 0 aromatic heterocycles. The van der Waals surface area contributed by atoms with E-state index in [9.17, 15) is 0 Å². The summed E-state index contributed by atoms with van der Waals surface area (Å²) in [5, 5.41) is 0. The zero-order valence-electron chi connectivity index (χ0n) is 13.9. The number of hydrogen-bond donors (Lipinski definition) is 0. The van der Waals surface area contributed by atoms with Crippen LogP contribution in [-0.2, 0) is 0 Å². The lowest BCUT2D eigenvalue weighted by molar-refractivity contribution is 0.224. The van der Waals surface area contributed by atoms with Crippen LogP contribution in [0.15, 0.2) is 4.99 Å². The Labute approximate surface area is 114 Å². The van der Waals surface area contributed by atoms with Gasteiger partial charge in [0.2, 0.25) is 0 Å². The molecule has 0 atom stereocenters. The van der Waals surface area contributed by atoms with E-state index in [1.165, 1.54) is 0 Å². The normalized spacial score (nSPS) is 13.1. The van der Waals surface area contributed by atoms with E-state index in [4.69, 9.17) is 4.99 Å². The Balaban J connectivity index is 5.45. The molecule has 0 saturated heterocycles. The third-order valence-corrected chi connectivity index (χ3v) is 2.94. The standard InChI is InChI=1S/C15H33N3/c1-10-17(12(4)5)15(16-11(2)3)18(13(6)7)14(8)9/h11-14H,10H2,1-9H3. The van der Waals surface area contributed by atoms with Crippen LogP contribution >= 0.6 is 0 Å². The lowest BCUT2D eigenvalue weighted by Gasteiger charge is -2.41. The first-order valence-corrected chi connectivity index (χ1v) is 7.35. The maximum Gasteiger partial charge on any atom is 0.197 e. The van der Waals surface area contributed by atoms with Crippen LogP contribution in [0.1, 0.15) is 62.3 Å². The fourth-order valence-electron chi connectivity index (χ4n) is 2.32. The molecule has 0 aromatic carbocycles. The summed E-state index contributed by atoms with van der Waals surface area (Å²) in [5.41, 5.74) is 0. The van der Waals surface area contributed by atoms with Crippen molar-refractivity contribution >= 4 is 5.96 Å². The maximum absolute atomic E-state index is 4.88.